The van der Waals surface area contributed by atoms with Crippen LogP contribution in [-0.2, 0) is 22.5 Å². The van der Waals surface area contributed by atoms with E-state index in [0.717, 1.165) is 38.9 Å². The van der Waals surface area contributed by atoms with E-state index in [1.807, 2.05) is 14.0 Å². The molecule has 4 nitrogen and oxygen atoms in total. The Kier molecular flexibility index (Phi) is 5.37. The van der Waals surface area contributed by atoms with E-state index < -0.39 is 5.54 Å². The quantitative estimate of drug-likeness (QED) is 0.813. The molecule has 116 valence electrons. The largest absolute Gasteiger partial charge is 0.468 e. The Labute approximate surface area is 127 Å². The Hall–Kier alpha value is -1.39. The minimum absolute atomic E-state index is 0.186. The van der Waals surface area contributed by atoms with Crippen molar-refractivity contribution in [3.05, 3.63) is 35.4 Å². The number of esters is 1. The van der Waals surface area contributed by atoms with Crippen molar-refractivity contribution >= 4 is 5.97 Å². The van der Waals surface area contributed by atoms with Crippen molar-refractivity contribution in [2.45, 2.75) is 38.3 Å². The predicted molar refractivity (Wildman–Crippen MR) is 84.1 cm³/mol. The summed E-state index contributed by atoms with van der Waals surface area (Å²) in [6, 6.07) is 8.66. The number of methoxy groups -OCH3 is 1. The number of hydrogen-bond donors (Lipinski definition) is 1. The van der Waals surface area contributed by atoms with Crippen molar-refractivity contribution in [1.82, 2.24) is 10.2 Å². The van der Waals surface area contributed by atoms with E-state index in [1.165, 1.54) is 18.2 Å². The second-order valence-corrected chi connectivity index (χ2v) is 5.97. The number of likely N-dealkylation sites (N-methyl/N-ethyl adjacent to an activating group) is 1. The molecule has 1 aromatic carbocycles. The molecule has 21 heavy (non-hydrogen) atoms. The van der Waals surface area contributed by atoms with Gasteiger partial charge in [-0.05, 0) is 50.9 Å². The number of carbonyl (C=O) groups is 1. The highest BCUT2D eigenvalue weighted by Crippen LogP contribution is 2.20. The Morgan fingerprint density at radius 3 is 2.76 bits per heavy atom. The number of benzene rings is 1. The number of fused-ring (bicyclic) bond motifs is 1. The van der Waals surface area contributed by atoms with E-state index in [9.17, 15) is 4.79 Å². The third kappa shape index (κ3) is 3.83. The summed E-state index contributed by atoms with van der Waals surface area (Å²) in [5, 5.41) is 3.09. The average molecular weight is 290 g/mol. The normalized spacial score (nSPS) is 17.9. The lowest BCUT2D eigenvalue weighted by Crippen LogP contribution is -2.48. The van der Waals surface area contributed by atoms with Crippen molar-refractivity contribution in [3.63, 3.8) is 0 Å². The van der Waals surface area contributed by atoms with E-state index in [2.05, 4.69) is 34.5 Å². The maximum atomic E-state index is 11.8. The van der Waals surface area contributed by atoms with E-state index in [-0.39, 0.29) is 5.97 Å². The van der Waals surface area contributed by atoms with Crippen LogP contribution < -0.4 is 5.32 Å². The van der Waals surface area contributed by atoms with Gasteiger partial charge in [-0.2, -0.15) is 0 Å². The molecule has 4 heteroatoms. The Morgan fingerprint density at radius 1 is 1.38 bits per heavy atom. The molecule has 1 atom stereocenters. The Bertz CT molecular complexity index is 489. The van der Waals surface area contributed by atoms with E-state index in [4.69, 9.17) is 4.74 Å². The van der Waals surface area contributed by atoms with Gasteiger partial charge in [0.1, 0.15) is 5.54 Å². The van der Waals surface area contributed by atoms with E-state index in [1.54, 1.807) is 0 Å². The van der Waals surface area contributed by atoms with Gasteiger partial charge in [0.05, 0.1) is 7.11 Å². The van der Waals surface area contributed by atoms with Gasteiger partial charge in [-0.15, -0.1) is 0 Å². The Balaban J connectivity index is 1.83. The molecule has 0 aliphatic carbocycles. The molecular formula is C17H26N2O2. The highest BCUT2D eigenvalue weighted by Gasteiger charge is 2.32. The standard InChI is InChI=1S/C17H26N2O2/c1-17(18-2,16(20)21-3)10-6-11-19-12-9-14-7-4-5-8-15(14)13-19/h4-5,7-8,18H,6,9-13H2,1-3H3. The van der Waals surface area contributed by atoms with Crippen LogP contribution in [0.3, 0.4) is 0 Å². The Morgan fingerprint density at radius 2 is 2.10 bits per heavy atom. The van der Waals surface area contributed by atoms with Crippen molar-refractivity contribution in [2.75, 3.05) is 27.2 Å². The first-order valence-electron chi connectivity index (χ1n) is 7.65. The topological polar surface area (TPSA) is 41.6 Å². The van der Waals surface area contributed by atoms with Gasteiger partial charge in [-0.3, -0.25) is 9.69 Å². The molecule has 0 fully saturated rings. The molecule has 2 rings (SSSR count). The summed E-state index contributed by atoms with van der Waals surface area (Å²) in [7, 11) is 3.26. The fourth-order valence-electron chi connectivity index (χ4n) is 2.96. The van der Waals surface area contributed by atoms with E-state index >= 15 is 0 Å². The van der Waals surface area contributed by atoms with Gasteiger partial charge < -0.3 is 10.1 Å². The van der Waals surface area contributed by atoms with Crippen LogP contribution in [-0.4, -0.2) is 43.7 Å². The molecule has 0 aromatic heterocycles. The number of nitrogens with one attached hydrogen (secondary N) is 1. The lowest BCUT2D eigenvalue weighted by atomic mass is 9.95. The summed E-state index contributed by atoms with van der Waals surface area (Å²) < 4.78 is 4.88. The monoisotopic (exact) mass is 290 g/mol. The van der Waals surface area contributed by atoms with E-state index in [0.29, 0.717) is 0 Å². The summed E-state index contributed by atoms with van der Waals surface area (Å²) >= 11 is 0. The van der Waals surface area contributed by atoms with Crippen LogP contribution in [0.2, 0.25) is 0 Å². The van der Waals surface area contributed by atoms with Gasteiger partial charge in [0, 0.05) is 13.1 Å². The van der Waals surface area contributed by atoms with Gasteiger partial charge in [0.25, 0.3) is 0 Å². The molecule has 1 aromatic rings. The van der Waals surface area contributed by atoms with Crippen LogP contribution in [0.15, 0.2) is 24.3 Å². The van der Waals surface area contributed by atoms with Crippen LogP contribution in [0.25, 0.3) is 0 Å². The molecule has 0 saturated heterocycles. The molecule has 1 aliphatic rings. The van der Waals surface area contributed by atoms with Crippen LogP contribution in [0.1, 0.15) is 30.9 Å². The summed E-state index contributed by atoms with van der Waals surface area (Å²) in [4.78, 5) is 14.3. The number of rotatable bonds is 6. The molecule has 1 N–H and O–H groups in total. The van der Waals surface area contributed by atoms with Gasteiger partial charge in [-0.1, -0.05) is 24.3 Å². The maximum Gasteiger partial charge on any atom is 0.325 e. The molecule has 1 heterocycles. The average Bonchev–Trinajstić information content (AvgIpc) is 2.53. The zero-order chi connectivity index (χ0) is 15.3. The number of carbonyl (C=O) groups excluding carboxylic acids is 1. The van der Waals surface area contributed by atoms with Crippen LogP contribution in [0.5, 0.6) is 0 Å². The second-order valence-electron chi connectivity index (χ2n) is 5.97. The fourth-order valence-corrected chi connectivity index (χ4v) is 2.96. The summed E-state index contributed by atoms with van der Waals surface area (Å²) in [6.45, 7) is 5.04. The molecule has 0 spiro atoms. The van der Waals surface area contributed by atoms with Gasteiger partial charge in [0.15, 0.2) is 0 Å². The zero-order valence-electron chi connectivity index (χ0n) is 13.3. The summed E-state index contributed by atoms with van der Waals surface area (Å²) in [5.74, 6) is -0.186. The molecule has 0 radical (unpaired) electrons. The third-order valence-electron chi connectivity index (χ3n) is 4.55. The highest BCUT2D eigenvalue weighted by molar-refractivity contribution is 5.80. The number of nitrogens with zero attached hydrogens (tertiary/aromatic N) is 1. The predicted octanol–water partition coefficient (Wildman–Crippen LogP) is 1.98. The summed E-state index contributed by atoms with van der Waals surface area (Å²) in [6.07, 6.45) is 2.89. The SMILES string of the molecule is CNC(C)(CCCN1CCc2ccccc2C1)C(=O)OC. The van der Waals surface area contributed by atoms with Crippen LogP contribution in [0, 0.1) is 0 Å². The lowest BCUT2D eigenvalue weighted by Gasteiger charge is -2.31. The first-order valence-corrected chi connectivity index (χ1v) is 7.65. The maximum absolute atomic E-state index is 11.8. The molecule has 1 aliphatic heterocycles. The van der Waals surface area contributed by atoms with Crippen molar-refractivity contribution in [2.24, 2.45) is 0 Å². The number of ether oxygens (including phenoxy) is 1. The lowest BCUT2D eigenvalue weighted by molar-refractivity contribution is -0.148. The highest BCUT2D eigenvalue weighted by atomic mass is 16.5. The molecular weight excluding hydrogens is 264 g/mol. The van der Waals surface area contributed by atoms with Crippen molar-refractivity contribution in [3.8, 4) is 0 Å². The minimum atomic E-state index is -0.581. The van der Waals surface area contributed by atoms with Crippen molar-refractivity contribution in [1.29, 1.82) is 0 Å². The third-order valence-corrected chi connectivity index (χ3v) is 4.55. The molecule has 0 amide bonds. The molecule has 0 bridgehead atoms. The van der Waals surface area contributed by atoms with Gasteiger partial charge in [-0.25, -0.2) is 0 Å². The number of hydrogen-bond acceptors (Lipinski definition) is 4. The van der Waals surface area contributed by atoms with Crippen LogP contribution in [0.4, 0.5) is 0 Å². The van der Waals surface area contributed by atoms with Crippen molar-refractivity contribution < 1.29 is 9.53 Å². The van der Waals surface area contributed by atoms with Gasteiger partial charge >= 0.3 is 5.97 Å². The molecule has 0 saturated carbocycles. The zero-order valence-corrected chi connectivity index (χ0v) is 13.3. The fraction of sp³-hybridized carbons (Fsp3) is 0.588. The first-order chi connectivity index (χ1) is 10.1. The smallest absolute Gasteiger partial charge is 0.325 e. The summed E-state index contributed by atoms with van der Waals surface area (Å²) in [5.41, 5.74) is 2.33. The molecule has 1 unspecified atom stereocenters. The minimum Gasteiger partial charge on any atom is -0.468 e. The van der Waals surface area contributed by atoms with Crippen LogP contribution >= 0.6 is 0 Å². The van der Waals surface area contributed by atoms with Gasteiger partial charge in [0.2, 0.25) is 0 Å². The second kappa shape index (κ2) is 7.05. The first kappa shape index (κ1) is 16.0.